The molecule has 3 atom stereocenters. The third kappa shape index (κ3) is 7.20. The number of rotatable bonds is 9. The average Bonchev–Trinajstić information content (AvgIpc) is 3.58. The van der Waals surface area contributed by atoms with Crippen molar-refractivity contribution in [2.75, 3.05) is 17.2 Å². The van der Waals surface area contributed by atoms with Crippen LogP contribution in [-0.2, 0) is 19.2 Å². The maximum absolute atomic E-state index is 14.0. The first-order chi connectivity index (χ1) is 19.2. The fraction of sp³-hybridized carbons (Fsp3) is 0.552. The molecule has 2 fully saturated rings. The Kier molecular flexibility index (Phi) is 10.2. The first-order valence-electron chi connectivity index (χ1n) is 14.1. The van der Waals surface area contributed by atoms with Crippen LogP contribution in [0.15, 0.2) is 24.3 Å². The number of nitrogens with zero attached hydrogens (tertiary/aromatic N) is 2. The molecule has 9 nitrogen and oxygen atoms in total. The lowest BCUT2D eigenvalue weighted by Gasteiger charge is -2.35. The minimum Gasteiger partial charge on any atom is -0.344 e. The standard InChI is InChI=1S/C29H38ClN5O4S/c1-4-17(2)25(37)32-24(19-10-6-5-7-11-19)28(39)35-15-9-14-22(35)26(38)34-27-23(20-12-8-13-21(30)16-20)33-29(40-27)31-18(3)36/h8,12-13,16-17,19,22,24H,4-7,9-11,14-15H2,1-3H3,(H,32,37)(H,34,38)(H,31,33,36)/t17-,22+,24+/m1/s1. The number of thiazole rings is 1. The van der Waals surface area contributed by atoms with E-state index in [0.29, 0.717) is 52.2 Å². The van der Waals surface area contributed by atoms with Crippen LogP contribution in [0.4, 0.5) is 10.1 Å². The number of hydrogen-bond donors (Lipinski definition) is 3. The van der Waals surface area contributed by atoms with E-state index in [4.69, 9.17) is 11.6 Å². The lowest BCUT2D eigenvalue weighted by atomic mass is 9.83. The first kappa shape index (κ1) is 30.0. The maximum atomic E-state index is 14.0. The number of hydrogen-bond acceptors (Lipinski definition) is 6. The van der Waals surface area contributed by atoms with E-state index in [2.05, 4.69) is 20.9 Å². The molecule has 1 aliphatic carbocycles. The van der Waals surface area contributed by atoms with Crippen molar-refractivity contribution in [1.29, 1.82) is 0 Å². The van der Waals surface area contributed by atoms with Gasteiger partial charge in [-0.25, -0.2) is 4.98 Å². The number of carbonyl (C=O) groups is 4. The van der Waals surface area contributed by atoms with E-state index in [1.807, 2.05) is 19.9 Å². The van der Waals surface area contributed by atoms with E-state index < -0.39 is 12.1 Å². The molecule has 2 aromatic rings. The number of carbonyl (C=O) groups excluding carboxylic acids is 4. The Labute approximate surface area is 244 Å². The molecule has 40 heavy (non-hydrogen) atoms. The highest BCUT2D eigenvalue weighted by Gasteiger charge is 2.41. The lowest BCUT2D eigenvalue weighted by molar-refractivity contribution is -0.142. The van der Waals surface area contributed by atoms with Crippen LogP contribution in [0.2, 0.25) is 5.02 Å². The summed E-state index contributed by atoms with van der Waals surface area (Å²) in [6, 6.07) is 5.80. The predicted octanol–water partition coefficient (Wildman–Crippen LogP) is 5.46. The molecule has 4 amide bonds. The van der Waals surface area contributed by atoms with Crippen LogP contribution >= 0.6 is 22.9 Å². The summed E-state index contributed by atoms with van der Waals surface area (Å²) >= 11 is 7.35. The van der Waals surface area contributed by atoms with Crippen molar-refractivity contribution in [3.05, 3.63) is 29.3 Å². The molecule has 3 N–H and O–H groups in total. The third-order valence-corrected chi connectivity index (χ3v) is 8.95. The molecule has 4 rings (SSSR count). The second-order valence-corrected chi connectivity index (χ2v) is 12.2. The predicted molar refractivity (Wildman–Crippen MR) is 158 cm³/mol. The molecule has 11 heteroatoms. The summed E-state index contributed by atoms with van der Waals surface area (Å²) in [6.07, 6.45) is 6.89. The number of likely N-dealkylation sites (tertiary alicyclic amines) is 1. The van der Waals surface area contributed by atoms with E-state index in [-0.39, 0.29) is 35.5 Å². The SMILES string of the molecule is CC[C@@H](C)C(=O)N[C@H](C(=O)N1CCC[C@H]1C(=O)Nc1sc(NC(C)=O)nc1-c1cccc(Cl)c1)C1CCCCC1. The molecule has 216 valence electrons. The molecular weight excluding hydrogens is 550 g/mol. The van der Waals surface area contributed by atoms with Gasteiger partial charge in [-0.1, -0.05) is 68.2 Å². The fourth-order valence-electron chi connectivity index (χ4n) is 5.45. The van der Waals surface area contributed by atoms with E-state index in [9.17, 15) is 19.2 Å². The first-order valence-corrected chi connectivity index (χ1v) is 15.3. The molecule has 1 saturated carbocycles. The van der Waals surface area contributed by atoms with Crippen molar-refractivity contribution in [2.24, 2.45) is 11.8 Å². The van der Waals surface area contributed by atoms with Crippen molar-refractivity contribution >= 4 is 56.7 Å². The highest BCUT2D eigenvalue weighted by Crippen LogP contribution is 2.37. The van der Waals surface area contributed by atoms with Crippen LogP contribution in [0.5, 0.6) is 0 Å². The number of aromatic nitrogens is 1. The minimum absolute atomic E-state index is 0.0645. The van der Waals surface area contributed by atoms with Crippen LogP contribution in [0, 0.1) is 11.8 Å². The van der Waals surface area contributed by atoms with Crippen LogP contribution in [0.25, 0.3) is 11.3 Å². The van der Waals surface area contributed by atoms with Crippen molar-refractivity contribution in [1.82, 2.24) is 15.2 Å². The Morgan fingerprint density at radius 3 is 2.52 bits per heavy atom. The van der Waals surface area contributed by atoms with Gasteiger partial charge in [0.05, 0.1) is 0 Å². The Bertz CT molecular complexity index is 1240. The average molecular weight is 588 g/mol. The van der Waals surface area contributed by atoms with Gasteiger partial charge in [-0.15, -0.1) is 0 Å². The van der Waals surface area contributed by atoms with Gasteiger partial charge >= 0.3 is 0 Å². The van der Waals surface area contributed by atoms with Gasteiger partial charge < -0.3 is 20.9 Å². The zero-order valence-electron chi connectivity index (χ0n) is 23.3. The fourth-order valence-corrected chi connectivity index (χ4v) is 6.57. The van der Waals surface area contributed by atoms with Crippen molar-refractivity contribution in [3.63, 3.8) is 0 Å². The summed E-state index contributed by atoms with van der Waals surface area (Å²) in [7, 11) is 0. The summed E-state index contributed by atoms with van der Waals surface area (Å²) < 4.78 is 0. The molecule has 0 radical (unpaired) electrons. The number of benzene rings is 1. The lowest BCUT2D eigenvalue weighted by Crippen LogP contribution is -2.56. The zero-order valence-corrected chi connectivity index (χ0v) is 24.9. The zero-order chi connectivity index (χ0) is 28.8. The number of nitrogens with one attached hydrogen (secondary N) is 3. The van der Waals surface area contributed by atoms with Gasteiger partial charge in [-0.05, 0) is 50.2 Å². The van der Waals surface area contributed by atoms with Gasteiger partial charge in [0.2, 0.25) is 23.6 Å². The van der Waals surface area contributed by atoms with E-state index in [0.717, 1.165) is 43.4 Å². The Balaban J connectivity index is 1.56. The van der Waals surface area contributed by atoms with Crippen molar-refractivity contribution in [2.45, 2.75) is 84.2 Å². The summed E-state index contributed by atoms with van der Waals surface area (Å²) in [5.41, 5.74) is 1.18. The third-order valence-electron chi connectivity index (χ3n) is 7.83. The normalized spacial score (nSPS) is 19.1. The molecule has 0 unspecified atom stereocenters. The molecule has 1 aromatic carbocycles. The van der Waals surface area contributed by atoms with Gasteiger partial charge in [-0.3, -0.25) is 19.2 Å². The highest BCUT2D eigenvalue weighted by molar-refractivity contribution is 7.20. The Morgan fingerprint density at radius 2 is 1.85 bits per heavy atom. The van der Waals surface area contributed by atoms with Gasteiger partial charge in [-0.2, -0.15) is 0 Å². The van der Waals surface area contributed by atoms with Crippen molar-refractivity contribution in [3.8, 4) is 11.3 Å². The Morgan fingerprint density at radius 1 is 1.10 bits per heavy atom. The minimum atomic E-state index is -0.669. The molecule has 1 aliphatic heterocycles. The van der Waals surface area contributed by atoms with E-state index in [1.165, 1.54) is 6.92 Å². The van der Waals surface area contributed by atoms with E-state index >= 15 is 0 Å². The molecule has 1 saturated heterocycles. The molecule has 2 heterocycles. The second-order valence-electron chi connectivity index (χ2n) is 10.8. The van der Waals surface area contributed by atoms with E-state index in [1.54, 1.807) is 23.1 Å². The monoisotopic (exact) mass is 587 g/mol. The molecular formula is C29H38ClN5O4S. The summed E-state index contributed by atoms with van der Waals surface area (Å²) in [5, 5.41) is 10.0. The molecule has 1 aromatic heterocycles. The van der Waals surface area contributed by atoms with Crippen LogP contribution < -0.4 is 16.0 Å². The summed E-state index contributed by atoms with van der Waals surface area (Å²) in [5.74, 6) is -1.01. The molecule has 0 bridgehead atoms. The van der Waals surface area contributed by atoms with Crippen LogP contribution in [-0.4, -0.2) is 52.1 Å². The van der Waals surface area contributed by atoms with Gasteiger partial charge in [0.1, 0.15) is 22.8 Å². The molecule has 0 spiro atoms. The topological polar surface area (TPSA) is 121 Å². The maximum Gasteiger partial charge on any atom is 0.247 e. The van der Waals surface area contributed by atoms with Gasteiger partial charge in [0, 0.05) is 30.0 Å². The van der Waals surface area contributed by atoms with Crippen LogP contribution in [0.3, 0.4) is 0 Å². The smallest absolute Gasteiger partial charge is 0.247 e. The number of anilines is 2. The quantitative estimate of drug-likeness (QED) is 0.360. The highest BCUT2D eigenvalue weighted by atomic mass is 35.5. The molecule has 2 aliphatic rings. The summed E-state index contributed by atoms with van der Waals surface area (Å²) in [6.45, 7) is 5.67. The number of amides is 4. The Hall–Kier alpha value is -2.98. The second kappa shape index (κ2) is 13.6. The van der Waals surface area contributed by atoms with Gasteiger partial charge in [0.25, 0.3) is 0 Å². The van der Waals surface area contributed by atoms with Crippen LogP contribution in [0.1, 0.15) is 72.1 Å². The summed E-state index contributed by atoms with van der Waals surface area (Å²) in [4.78, 5) is 58.3. The largest absolute Gasteiger partial charge is 0.344 e. The van der Waals surface area contributed by atoms with Crippen molar-refractivity contribution < 1.29 is 19.2 Å². The number of halogens is 1. The van der Waals surface area contributed by atoms with Gasteiger partial charge in [0.15, 0.2) is 5.13 Å².